The lowest BCUT2D eigenvalue weighted by Gasteiger charge is -2.44. The SMILES string of the molecule is CC(C)N1CCCC(Cn2c(CN3CCC[C@H]4CCc5cccnc5[C@H]43)nc3ccccc32)C1. The number of aromatic nitrogens is 3. The Morgan fingerprint density at radius 2 is 1.88 bits per heavy atom. The van der Waals surface area contributed by atoms with Crippen LogP contribution in [-0.2, 0) is 19.5 Å². The highest BCUT2D eigenvalue weighted by Gasteiger charge is 2.38. The van der Waals surface area contributed by atoms with Gasteiger partial charge in [0.15, 0.2) is 0 Å². The fourth-order valence-corrected chi connectivity index (χ4v) is 6.90. The van der Waals surface area contributed by atoms with Gasteiger partial charge in [0, 0.05) is 25.3 Å². The van der Waals surface area contributed by atoms with Crippen LogP contribution in [0.3, 0.4) is 0 Å². The smallest absolute Gasteiger partial charge is 0.124 e. The average Bonchev–Trinajstić information content (AvgIpc) is 3.21. The van der Waals surface area contributed by atoms with Gasteiger partial charge in [0.1, 0.15) is 5.82 Å². The minimum atomic E-state index is 0.443. The Morgan fingerprint density at radius 1 is 1.00 bits per heavy atom. The Bertz CT molecular complexity index is 1130. The number of hydrogen-bond acceptors (Lipinski definition) is 4. The minimum Gasteiger partial charge on any atom is -0.327 e. The molecule has 3 aliphatic rings. The standard InChI is InChI=1S/C29H39N5/c1-21(2)32-16-6-8-22(18-32)19-34-26-12-4-3-11-25(26)31-27(34)20-33-17-7-10-24-14-13-23-9-5-15-30-28(23)29(24)33/h3-5,9,11-12,15,21-22,24,29H,6-8,10,13-14,16-20H2,1-2H3/t22?,24-,29-/m0/s1. The Hall–Kier alpha value is -2.24. The summed E-state index contributed by atoms with van der Waals surface area (Å²) < 4.78 is 2.57. The molecule has 3 atom stereocenters. The third kappa shape index (κ3) is 4.18. The molecule has 0 N–H and O–H groups in total. The first kappa shape index (κ1) is 22.2. The van der Waals surface area contributed by atoms with Crippen LogP contribution in [0.2, 0.25) is 0 Å². The van der Waals surface area contributed by atoms with Gasteiger partial charge < -0.3 is 9.47 Å². The van der Waals surface area contributed by atoms with Crippen LogP contribution >= 0.6 is 0 Å². The first-order valence-corrected chi connectivity index (χ1v) is 13.5. The fraction of sp³-hybridized carbons (Fsp3) is 0.586. The molecule has 1 unspecified atom stereocenters. The van der Waals surface area contributed by atoms with Crippen molar-refractivity contribution < 1.29 is 0 Å². The molecule has 0 amide bonds. The molecule has 2 saturated heterocycles. The number of fused-ring (bicyclic) bond motifs is 4. The summed E-state index contributed by atoms with van der Waals surface area (Å²) in [7, 11) is 0. The molecular formula is C29H39N5. The highest BCUT2D eigenvalue weighted by Crippen LogP contribution is 2.43. The monoisotopic (exact) mass is 457 g/mol. The van der Waals surface area contributed by atoms with Gasteiger partial charge in [0.25, 0.3) is 0 Å². The van der Waals surface area contributed by atoms with E-state index in [1.165, 1.54) is 74.2 Å². The first-order chi connectivity index (χ1) is 16.7. The second-order valence-electron chi connectivity index (χ2n) is 11.1. The Labute approximate surface area is 204 Å². The van der Waals surface area contributed by atoms with Gasteiger partial charge in [-0.1, -0.05) is 18.2 Å². The van der Waals surface area contributed by atoms with E-state index in [0.717, 1.165) is 31.1 Å². The van der Waals surface area contributed by atoms with Gasteiger partial charge in [-0.05, 0) is 101 Å². The van der Waals surface area contributed by atoms with Crippen molar-refractivity contribution >= 4 is 11.0 Å². The molecule has 3 aromatic rings. The molecule has 0 radical (unpaired) electrons. The minimum absolute atomic E-state index is 0.443. The summed E-state index contributed by atoms with van der Waals surface area (Å²) in [6, 6.07) is 14.2. The highest BCUT2D eigenvalue weighted by molar-refractivity contribution is 5.75. The number of likely N-dealkylation sites (tertiary alicyclic amines) is 2. The number of rotatable bonds is 5. The number of nitrogens with zero attached hydrogens (tertiary/aromatic N) is 5. The molecule has 0 spiro atoms. The summed E-state index contributed by atoms with van der Waals surface area (Å²) in [5, 5.41) is 0. The van der Waals surface area contributed by atoms with Gasteiger partial charge in [0.05, 0.1) is 29.3 Å². The quantitative estimate of drug-likeness (QED) is 0.510. The van der Waals surface area contributed by atoms with Crippen molar-refractivity contribution in [1.29, 1.82) is 0 Å². The van der Waals surface area contributed by atoms with Crippen LogP contribution in [-0.4, -0.2) is 50.0 Å². The zero-order valence-corrected chi connectivity index (χ0v) is 20.9. The maximum absolute atomic E-state index is 5.21. The van der Waals surface area contributed by atoms with E-state index < -0.39 is 0 Å². The van der Waals surface area contributed by atoms with Gasteiger partial charge in [-0.2, -0.15) is 0 Å². The van der Waals surface area contributed by atoms with E-state index >= 15 is 0 Å². The van der Waals surface area contributed by atoms with Crippen molar-refractivity contribution in [2.45, 2.75) is 77.5 Å². The van der Waals surface area contributed by atoms with Crippen LogP contribution in [0, 0.1) is 11.8 Å². The Morgan fingerprint density at radius 3 is 2.79 bits per heavy atom. The van der Waals surface area contributed by atoms with E-state index in [1.807, 2.05) is 6.20 Å². The molecule has 1 aromatic carbocycles. The second-order valence-corrected chi connectivity index (χ2v) is 11.1. The van der Waals surface area contributed by atoms with E-state index in [1.54, 1.807) is 0 Å². The molecule has 4 heterocycles. The molecule has 5 heteroatoms. The molecule has 6 rings (SSSR count). The number of hydrogen-bond donors (Lipinski definition) is 0. The molecule has 2 aromatic heterocycles. The molecule has 1 aliphatic carbocycles. The third-order valence-electron chi connectivity index (χ3n) is 8.65. The van der Waals surface area contributed by atoms with Gasteiger partial charge >= 0.3 is 0 Å². The predicted octanol–water partition coefficient (Wildman–Crippen LogP) is 5.45. The van der Waals surface area contributed by atoms with Crippen molar-refractivity contribution in [2.75, 3.05) is 19.6 Å². The fourth-order valence-electron chi connectivity index (χ4n) is 6.90. The summed E-state index contributed by atoms with van der Waals surface area (Å²) >= 11 is 0. The van der Waals surface area contributed by atoms with Crippen molar-refractivity contribution in [3.8, 4) is 0 Å². The average molecular weight is 458 g/mol. The number of imidazole rings is 1. The lowest BCUT2D eigenvalue weighted by atomic mass is 9.77. The molecule has 2 fully saturated rings. The molecule has 5 nitrogen and oxygen atoms in total. The van der Waals surface area contributed by atoms with Crippen molar-refractivity contribution in [2.24, 2.45) is 11.8 Å². The van der Waals surface area contributed by atoms with E-state index in [2.05, 4.69) is 64.6 Å². The summed E-state index contributed by atoms with van der Waals surface area (Å²) in [4.78, 5) is 15.5. The van der Waals surface area contributed by atoms with E-state index in [9.17, 15) is 0 Å². The molecule has 0 bridgehead atoms. The van der Waals surface area contributed by atoms with Gasteiger partial charge in [-0.25, -0.2) is 4.98 Å². The van der Waals surface area contributed by atoms with Crippen LogP contribution in [0.15, 0.2) is 42.6 Å². The van der Waals surface area contributed by atoms with Crippen LogP contribution in [0.1, 0.15) is 69.1 Å². The Kier molecular flexibility index (Phi) is 6.17. The molecule has 2 aliphatic heterocycles. The maximum Gasteiger partial charge on any atom is 0.124 e. The van der Waals surface area contributed by atoms with Crippen LogP contribution < -0.4 is 0 Å². The Balaban J connectivity index is 1.31. The van der Waals surface area contributed by atoms with E-state index in [4.69, 9.17) is 9.97 Å². The lowest BCUT2D eigenvalue weighted by molar-refractivity contribution is 0.0656. The number of para-hydroxylation sites is 2. The summed E-state index contributed by atoms with van der Waals surface area (Å²) in [5.41, 5.74) is 5.24. The number of piperidine rings is 2. The lowest BCUT2D eigenvalue weighted by Crippen LogP contribution is -2.42. The summed E-state index contributed by atoms with van der Waals surface area (Å²) in [5.74, 6) is 2.66. The van der Waals surface area contributed by atoms with Gasteiger partial charge in [-0.15, -0.1) is 0 Å². The highest BCUT2D eigenvalue weighted by atomic mass is 15.2. The summed E-state index contributed by atoms with van der Waals surface area (Å²) in [6.07, 6.45) is 9.72. The van der Waals surface area contributed by atoms with E-state index in [0.29, 0.717) is 18.0 Å². The van der Waals surface area contributed by atoms with Gasteiger partial charge in [-0.3, -0.25) is 9.88 Å². The van der Waals surface area contributed by atoms with Crippen LogP contribution in [0.25, 0.3) is 11.0 Å². The predicted molar refractivity (Wildman–Crippen MR) is 138 cm³/mol. The van der Waals surface area contributed by atoms with Crippen molar-refractivity contribution in [3.05, 3.63) is 59.7 Å². The number of aryl methyl sites for hydroxylation is 1. The normalized spacial score (nSPS) is 26.0. The van der Waals surface area contributed by atoms with Crippen LogP contribution in [0.4, 0.5) is 0 Å². The third-order valence-corrected chi connectivity index (χ3v) is 8.65. The molecule has 0 saturated carbocycles. The summed E-state index contributed by atoms with van der Waals surface area (Å²) in [6.45, 7) is 10.3. The van der Waals surface area contributed by atoms with E-state index in [-0.39, 0.29) is 0 Å². The second kappa shape index (κ2) is 9.43. The molecule has 180 valence electrons. The maximum atomic E-state index is 5.21. The van der Waals surface area contributed by atoms with Crippen molar-refractivity contribution in [3.63, 3.8) is 0 Å². The van der Waals surface area contributed by atoms with Crippen molar-refractivity contribution in [1.82, 2.24) is 24.3 Å². The zero-order valence-electron chi connectivity index (χ0n) is 20.9. The van der Waals surface area contributed by atoms with Crippen LogP contribution in [0.5, 0.6) is 0 Å². The topological polar surface area (TPSA) is 37.2 Å². The molecular weight excluding hydrogens is 418 g/mol. The molecule has 34 heavy (non-hydrogen) atoms. The largest absolute Gasteiger partial charge is 0.327 e. The number of benzene rings is 1. The number of pyridine rings is 1. The first-order valence-electron chi connectivity index (χ1n) is 13.5. The van der Waals surface area contributed by atoms with Gasteiger partial charge in [0.2, 0.25) is 0 Å². The zero-order chi connectivity index (χ0) is 23.1.